The second-order valence-electron chi connectivity index (χ2n) is 6.79. The molecule has 1 heterocycles. The average Bonchev–Trinajstić information content (AvgIpc) is 2.30. The Bertz CT molecular complexity index is 408. The Morgan fingerprint density at radius 1 is 1.26 bits per heavy atom. The minimum Gasteiger partial charge on any atom is -0.508 e. The van der Waals surface area contributed by atoms with E-state index in [2.05, 4.69) is 37.9 Å². The van der Waals surface area contributed by atoms with Crippen LogP contribution in [0.3, 0.4) is 0 Å². The van der Waals surface area contributed by atoms with E-state index in [1.165, 1.54) is 5.56 Å². The highest BCUT2D eigenvalue weighted by Crippen LogP contribution is 2.28. The molecule has 0 aromatic heterocycles. The van der Waals surface area contributed by atoms with Crippen molar-refractivity contribution in [1.82, 2.24) is 10.2 Å². The van der Waals surface area contributed by atoms with Crippen molar-refractivity contribution in [2.24, 2.45) is 5.41 Å². The molecule has 0 bridgehead atoms. The van der Waals surface area contributed by atoms with Crippen LogP contribution in [0, 0.1) is 5.41 Å². The van der Waals surface area contributed by atoms with Crippen molar-refractivity contribution in [1.29, 1.82) is 0 Å². The van der Waals surface area contributed by atoms with Gasteiger partial charge in [-0.05, 0) is 30.0 Å². The molecule has 0 saturated carbocycles. The number of phenols is 1. The van der Waals surface area contributed by atoms with Crippen LogP contribution in [0.5, 0.6) is 5.75 Å². The molecule has 3 heteroatoms. The van der Waals surface area contributed by atoms with Gasteiger partial charge in [0.1, 0.15) is 5.75 Å². The molecule has 3 nitrogen and oxygen atoms in total. The van der Waals surface area contributed by atoms with E-state index in [4.69, 9.17) is 0 Å². The SMILES string of the molecule is CC1CN(Cc2ccc(O)cc2)C(C(C)(C)C)CN1. The van der Waals surface area contributed by atoms with Crippen molar-refractivity contribution < 1.29 is 5.11 Å². The fourth-order valence-corrected chi connectivity index (χ4v) is 2.85. The van der Waals surface area contributed by atoms with Crippen molar-refractivity contribution >= 4 is 0 Å². The Kier molecular flexibility index (Phi) is 4.16. The molecule has 0 radical (unpaired) electrons. The van der Waals surface area contributed by atoms with Crippen molar-refractivity contribution in [3.63, 3.8) is 0 Å². The average molecular weight is 262 g/mol. The third-order valence-corrected chi connectivity index (χ3v) is 3.93. The quantitative estimate of drug-likeness (QED) is 0.860. The minimum atomic E-state index is 0.268. The molecular formula is C16H26N2O. The van der Waals surface area contributed by atoms with Crippen molar-refractivity contribution in [3.8, 4) is 5.75 Å². The van der Waals surface area contributed by atoms with E-state index in [9.17, 15) is 5.11 Å². The first-order chi connectivity index (χ1) is 8.86. The second-order valence-corrected chi connectivity index (χ2v) is 6.79. The molecule has 19 heavy (non-hydrogen) atoms. The lowest BCUT2D eigenvalue weighted by molar-refractivity contribution is 0.0526. The first kappa shape index (κ1) is 14.4. The zero-order chi connectivity index (χ0) is 14.0. The predicted octanol–water partition coefficient (Wildman–Crippen LogP) is 2.60. The molecule has 1 aliphatic rings. The number of phenolic OH excluding ortho intramolecular Hbond substituents is 1. The summed E-state index contributed by atoms with van der Waals surface area (Å²) in [6.45, 7) is 12.2. The molecular weight excluding hydrogens is 236 g/mol. The number of piperazine rings is 1. The largest absolute Gasteiger partial charge is 0.508 e. The van der Waals surface area contributed by atoms with Crippen LogP contribution in [0.4, 0.5) is 0 Å². The van der Waals surface area contributed by atoms with Crippen LogP contribution in [0.25, 0.3) is 0 Å². The molecule has 1 aromatic rings. The number of rotatable bonds is 2. The number of nitrogens with zero attached hydrogens (tertiary/aromatic N) is 1. The van der Waals surface area contributed by atoms with Crippen LogP contribution in [-0.4, -0.2) is 35.2 Å². The number of aromatic hydroxyl groups is 1. The minimum absolute atomic E-state index is 0.268. The molecule has 106 valence electrons. The van der Waals surface area contributed by atoms with Crippen LogP contribution >= 0.6 is 0 Å². The summed E-state index contributed by atoms with van der Waals surface area (Å²) in [6, 6.07) is 8.65. The lowest BCUT2D eigenvalue weighted by atomic mass is 9.83. The summed E-state index contributed by atoms with van der Waals surface area (Å²) >= 11 is 0. The molecule has 2 atom stereocenters. The highest BCUT2D eigenvalue weighted by molar-refractivity contribution is 5.26. The van der Waals surface area contributed by atoms with Crippen LogP contribution in [-0.2, 0) is 6.54 Å². The van der Waals surface area contributed by atoms with Gasteiger partial charge < -0.3 is 10.4 Å². The van der Waals surface area contributed by atoms with E-state index >= 15 is 0 Å². The number of benzene rings is 1. The van der Waals surface area contributed by atoms with Gasteiger partial charge in [-0.3, -0.25) is 4.90 Å². The monoisotopic (exact) mass is 262 g/mol. The van der Waals surface area contributed by atoms with Crippen LogP contribution in [0.1, 0.15) is 33.3 Å². The van der Waals surface area contributed by atoms with E-state index in [1.54, 1.807) is 12.1 Å². The maximum Gasteiger partial charge on any atom is 0.115 e. The zero-order valence-electron chi connectivity index (χ0n) is 12.5. The zero-order valence-corrected chi connectivity index (χ0v) is 12.5. The van der Waals surface area contributed by atoms with Crippen LogP contribution in [0.2, 0.25) is 0 Å². The van der Waals surface area contributed by atoms with Gasteiger partial charge in [-0.1, -0.05) is 32.9 Å². The Balaban J connectivity index is 2.12. The molecule has 2 rings (SSSR count). The molecule has 0 amide bonds. The summed E-state index contributed by atoms with van der Waals surface area (Å²) in [7, 11) is 0. The maximum absolute atomic E-state index is 9.36. The second kappa shape index (κ2) is 5.51. The molecule has 2 N–H and O–H groups in total. The van der Waals surface area contributed by atoms with Gasteiger partial charge in [0.15, 0.2) is 0 Å². The molecule has 1 aliphatic heterocycles. The topological polar surface area (TPSA) is 35.5 Å². The predicted molar refractivity (Wildman–Crippen MR) is 79.2 cm³/mol. The van der Waals surface area contributed by atoms with Gasteiger partial charge in [-0.25, -0.2) is 0 Å². The molecule has 1 aromatic carbocycles. The highest BCUT2D eigenvalue weighted by atomic mass is 16.3. The summed E-state index contributed by atoms with van der Waals surface area (Å²) in [5, 5.41) is 12.9. The van der Waals surface area contributed by atoms with Crippen molar-refractivity contribution in [3.05, 3.63) is 29.8 Å². The Morgan fingerprint density at radius 2 is 1.89 bits per heavy atom. The molecule has 0 aliphatic carbocycles. The van der Waals surface area contributed by atoms with E-state index in [-0.39, 0.29) is 5.41 Å². The van der Waals surface area contributed by atoms with Crippen LogP contribution < -0.4 is 5.32 Å². The number of hydrogen-bond acceptors (Lipinski definition) is 3. The van der Waals surface area contributed by atoms with Gasteiger partial charge >= 0.3 is 0 Å². The summed E-state index contributed by atoms with van der Waals surface area (Å²) < 4.78 is 0. The molecule has 2 unspecified atom stereocenters. The number of hydrogen-bond donors (Lipinski definition) is 2. The lowest BCUT2D eigenvalue weighted by Gasteiger charge is -2.46. The van der Waals surface area contributed by atoms with Gasteiger partial charge in [-0.2, -0.15) is 0 Å². The normalized spacial score (nSPS) is 25.5. The van der Waals surface area contributed by atoms with E-state index in [0.29, 0.717) is 17.8 Å². The molecule has 1 fully saturated rings. The third-order valence-electron chi connectivity index (χ3n) is 3.93. The van der Waals surface area contributed by atoms with Gasteiger partial charge in [0.25, 0.3) is 0 Å². The van der Waals surface area contributed by atoms with Gasteiger partial charge in [0, 0.05) is 31.7 Å². The lowest BCUT2D eigenvalue weighted by Crippen LogP contribution is -2.59. The summed E-state index contributed by atoms with van der Waals surface area (Å²) in [5.41, 5.74) is 1.53. The summed E-state index contributed by atoms with van der Waals surface area (Å²) in [4.78, 5) is 2.56. The maximum atomic E-state index is 9.36. The van der Waals surface area contributed by atoms with E-state index in [1.807, 2.05) is 12.1 Å². The first-order valence-corrected chi connectivity index (χ1v) is 7.11. The summed E-state index contributed by atoms with van der Waals surface area (Å²) in [6.07, 6.45) is 0. The molecule has 1 saturated heterocycles. The van der Waals surface area contributed by atoms with Crippen molar-refractivity contribution in [2.45, 2.75) is 46.3 Å². The Hall–Kier alpha value is -1.06. The fourth-order valence-electron chi connectivity index (χ4n) is 2.85. The van der Waals surface area contributed by atoms with Crippen molar-refractivity contribution in [2.75, 3.05) is 13.1 Å². The van der Waals surface area contributed by atoms with E-state index in [0.717, 1.165) is 19.6 Å². The third kappa shape index (κ3) is 3.71. The number of nitrogens with one attached hydrogen (secondary N) is 1. The van der Waals surface area contributed by atoms with Gasteiger partial charge in [0.2, 0.25) is 0 Å². The Morgan fingerprint density at radius 3 is 2.47 bits per heavy atom. The van der Waals surface area contributed by atoms with E-state index < -0.39 is 0 Å². The standard InChI is InChI=1S/C16H26N2O/c1-12-10-18(15(9-17-12)16(2,3)4)11-13-5-7-14(19)8-6-13/h5-8,12,15,17,19H,9-11H2,1-4H3. The molecule has 0 spiro atoms. The summed E-state index contributed by atoms with van der Waals surface area (Å²) in [5.74, 6) is 0.338. The Labute approximate surface area is 116 Å². The smallest absolute Gasteiger partial charge is 0.115 e. The van der Waals surface area contributed by atoms with Crippen LogP contribution in [0.15, 0.2) is 24.3 Å². The van der Waals surface area contributed by atoms with Gasteiger partial charge in [-0.15, -0.1) is 0 Å². The fraction of sp³-hybridized carbons (Fsp3) is 0.625. The first-order valence-electron chi connectivity index (χ1n) is 7.11. The van der Waals surface area contributed by atoms with Gasteiger partial charge in [0.05, 0.1) is 0 Å². The highest BCUT2D eigenvalue weighted by Gasteiger charge is 2.34.